The second kappa shape index (κ2) is 4.21. The molecule has 0 saturated carbocycles. The molecule has 0 aliphatic heterocycles. The molecule has 0 aliphatic carbocycles. The number of ether oxygens (including phenoxy) is 1. The zero-order valence-corrected chi connectivity index (χ0v) is 8.55. The van der Waals surface area contributed by atoms with Gasteiger partial charge in [0, 0.05) is 13.2 Å². The van der Waals surface area contributed by atoms with Gasteiger partial charge in [0.2, 0.25) is 0 Å². The lowest BCUT2D eigenvalue weighted by molar-refractivity contribution is -0.105. The third kappa shape index (κ3) is 2.73. The largest absolute Gasteiger partial charge is 0.386 e. The van der Waals surface area contributed by atoms with Crippen molar-refractivity contribution in [2.75, 3.05) is 19.8 Å². The summed E-state index contributed by atoms with van der Waals surface area (Å²) in [6.45, 7) is 8.93. The minimum atomic E-state index is -0.914. The summed E-state index contributed by atoms with van der Waals surface area (Å²) in [6.07, 6.45) is 0. The number of hydrogen-bond donors (Lipinski definition) is 2. The highest BCUT2D eigenvalue weighted by Crippen LogP contribution is 2.29. The first-order valence-electron chi connectivity index (χ1n) is 4.37. The van der Waals surface area contributed by atoms with E-state index in [1.807, 2.05) is 27.7 Å². The van der Waals surface area contributed by atoms with Gasteiger partial charge in [0.15, 0.2) is 0 Å². The van der Waals surface area contributed by atoms with Crippen molar-refractivity contribution in [3.05, 3.63) is 0 Å². The molecular formula is C9H21NO2. The predicted molar refractivity (Wildman–Crippen MR) is 50.0 cm³/mol. The lowest BCUT2D eigenvalue weighted by Gasteiger charge is -2.38. The van der Waals surface area contributed by atoms with E-state index < -0.39 is 5.60 Å². The third-order valence-electron chi connectivity index (χ3n) is 2.28. The third-order valence-corrected chi connectivity index (χ3v) is 2.28. The van der Waals surface area contributed by atoms with E-state index in [2.05, 4.69) is 0 Å². The maximum Gasteiger partial charge on any atom is 0.105 e. The maximum atomic E-state index is 10.0. The Bertz CT molecular complexity index is 131. The average Bonchev–Trinajstić information content (AvgIpc) is 1.98. The van der Waals surface area contributed by atoms with Crippen LogP contribution in [0.25, 0.3) is 0 Å². The fraction of sp³-hybridized carbons (Fsp3) is 1.00. The molecular weight excluding hydrogens is 154 g/mol. The molecule has 0 aliphatic rings. The molecule has 74 valence electrons. The Hall–Kier alpha value is -0.120. The second-order valence-corrected chi connectivity index (χ2v) is 4.12. The van der Waals surface area contributed by atoms with Crippen molar-refractivity contribution in [2.45, 2.75) is 33.3 Å². The molecule has 0 fully saturated rings. The highest BCUT2D eigenvalue weighted by atomic mass is 16.5. The normalized spacial score (nSPS) is 17.5. The van der Waals surface area contributed by atoms with E-state index in [1.165, 1.54) is 0 Å². The summed E-state index contributed by atoms with van der Waals surface area (Å²) in [5.41, 5.74) is 4.35. The van der Waals surface area contributed by atoms with Crippen LogP contribution in [-0.2, 0) is 4.74 Å². The smallest absolute Gasteiger partial charge is 0.105 e. The molecule has 0 saturated heterocycles. The molecule has 0 radical (unpaired) electrons. The molecule has 1 unspecified atom stereocenters. The topological polar surface area (TPSA) is 55.5 Å². The fourth-order valence-corrected chi connectivity index (χ4v) is 0.853. The van der Waals surface area contributed by atoms with Gasteiger partial charge < -0.3 is 15.6 Å². The Morgan fingerprint density at radius 2 is 1.83 bits per heavy atom. The Balaban J connectivity index is 4.24. The molecule has 0 bridgehead atoms. The lowest BCUT2D eigenvalue weighted by Crippen LogP contribution is -2.52. The minimum Gasteiger partial charge on any atom is -0.386 e. The number of nitrogens with two attached hydrogens (primary N) is 1. The minimum absolute atomic E-state index is 0.233. The van der Waals surface area contributed by atoms with Crippen molar-refractivity contribution in [3.8, 4) is 0 Å². The first kappa shape index (κ1) is 11.9. The molecule has 3 N–H and O–H groups in total. The molecule has 0 heterocycles. The standard InChI is InChI=1S/C9H21NO2/c1-5-12-7-9(11,6-10)8(2,3)4/h11H,5-7,10H2,1-4H3. The lowest BCUT2D eigenvalue weighted by atomic mass is 9.77. The summed E-state index contributed by atoms with van der Waals surface area (Å²) in [7, 11) is 0. The summed E-state index contributed by atoms with van der Waals surface area (Å²) in [6, 6.07) is 0. The molecule has 0 aromatic rings. The van der Waals surface area contributed by atoms with E-state index in [9.17, 15) is 5.11 Å². The molecule has 0 aromatic heterocycles. The van der Waals surface area contributed by atoms with E-state index in [0.717, 1.165) is 0 Å². The van der Waals surface area contributed by atoms with E-state index in [4.69, 9.17) is 10.5 Å². The van der Waals surface area contributed by atoms with Gasteiger partial charge in [0.1, 0.15) is 5.60 Å². The molecule has 1 atom stereocenters. The van der Waals surface area contributed by atoms with Crippen LogP contribution in [0.4, 0.5) is 0 Å². The number of hydrogen-bond acceptors (Lipinski definition) is 3. The summed E-state index contributed by atoms with van der Waals surface area (Å²) in [5, 5.41) is 10.0. The first-order valence-corrected chi connectivity index (χ1v) is 4.37. The Morgan fingerprint density at radius 1 is 1.33 bits per heavy atom. The van der Waals surface area contributed by atoms with Gasteiger partial charge in [-0.1, -0.05) is 20.8 Å². The van der Waals surface area contributed by atoms with Crippen LogP contribution in [-0.4, -0.2) is 30.5 Å². The van der Waals surface area contributed by atoms with Crippen molar-refractivity contribution >= 4 is 0 Å². The van der Waals surface area contributed by atoms with Crippen LogP contribution in [0.2, 0.25) is 0 Å². The van der Waals surface area contributed by atoms with Crippen LogP contribution in [0.1, 0.15) is 27.7 Å². The van der Waals surface area contributed by atoms with Crippen LogP contribution in [0.3, 0.4) is 0 Å². The number of rotatable bonds is 4. The van der Waals surface area contributed by atoms with Crippen LogP contribution >= 0.6 is 0 Å². The maximum absolute atomic E-state index is 10.0. The molecule has 0 spiro atoms. The molecule has 0 rings (SSSR count). The highest BCUT2D eigenvalue weighted by molar-refractivity contribution is 4.91. The van der Waals surface area contributed by atoms with Crippen LogP contribution < -0.4 is 5.73 Å². The van der Waals surface area contributed by atoms with Crippen molar-refractivity contribution < 1.29 is 9.84 Å². The van der Waals surface area contributed by atoms with Crippen LogP contribution in [0.15, 0.2) is 0 Å². The first-order chi connectivity index (χ1) is 5.37. The van der Waals surface area contributed by atoms with E-state index in [1.54, 1.807) is 0 Å². The van der Waals surface area contributed by atoms with Crippen molar-refractivity contribution in [3.63, 3.8) is 0 Å². The molecule has 3 heteroatoms. The summed E-state index contributed by atoms with van der Waals surface area (Å²) in [4.78, 5) is 0. The highest BCUT2D eigenvalue weighted by Gasteiger charge is 2.38. The molecule has 3 nitrogen and oxygen atoms in total. The molecule has 12 heavy (non-hydrogen) atoms. The predicted octanol–water partition coefficient (Wildman–Crippen LogP) is 0.759. The van der Waals surface area contributed by atoms with Gasteiger partial charge in [-0.25, -0.2) is 0 Å². The monoisotopic (exact) mass is 175 g/mol. The van der Waals surface area contributed by atoms with Gasteiger partial charge in [0.05, 0.1) is 6.61 Å². The Morgan fingerprint density at radius 3 is 2.08 bits per heavy atom. The van der Waals surface area contributed by atoms with Gasteiger partial charge in [-0.05, 0) is 12.3 Å². The zero-order chi connectivity index (χ0) is 9.83. The second-order valence-electron chi connectivity index (χ2n) is 4.12. The van der Waals surface area contributed by atoms with Crippen LogP contribution in [0.5, 0.6) is 0 Å². The summed E-state index contributed by atoms with van der Waals surface area (Å²) >= 11 is 0. The zero-order valence-electron chi connectivity index (χ0n) is 8.55. The number of aliphatic hydroxyl groups is 1. The Kier molecular flexibility index (Phi) is 4.17. The van der Waals surface area contributed by atoms with E-state index >= 15 is 0 Å². The molecule has 0 amide bonds. The van der Waals surface area contributed by atoms with Gasteiger partial charge >= 0.3 is 0 Å². The van der Waals surface area contributed by atoms with Crippen LogP contribution in [0, 0.1) is 5.41 Å². The van der Waals surface area contributed by atoms with Gasteiger partial charge in [-0.2, -0.15) is 0 Å². The van der Waals surface area contributed by atoms with E-state index in [0.29, 0.717) is 13.2 Å². The SMILES string of the molecule is CCOCC(O)(CN)C(C)(C)C. The quantitative estimate of drug-likeness (QED) is 0.663. The van der Waals surface area contributed by atoms with Crippen molar-refractivity contribution in [1.29, 1.82) is 0 Å². The van der Waals surface area contributed by atoms with E-state index in [-0.39, 0.29) is 12.0 Å². The molecule has 0 aromatic carbocycles. The van der Waals surface area contributed by atoms with Crippen molar-refractivity contribution in [2.24, 2.45) is 11.1 Å². The van der Waals surface area contributed by atoms with Crippen molar-refractivity contribution in [1.82, 2.24) is 0 Å². The average molecular weight is 175 g/mol. The summed E-state index contributed by atoms with van der Waals surface area (Å²) < 4.78 is 5.19. The fourth-order valence-electron chi connectivity index (χ4n) is 0.853. The van der Waals surface area contributed by atoms with Gasteiger partial charge in [0.25, 0.3) is 0 Å². The van der Waals surface area contributed by atoms with Gasteiger partial charge in [-0.15, -0.1) is 0 Å². The summed E-state index contributed by atoms with van der Waals surface area (Å²) in [5.74, 6) is 0. The van der Waals surface area contributed by atoms with Gasteiger partial charge in [-0.3, -0.25) is 0 Å². The Labute approximate surface area is 74.9 Å².